The van der Waals surface area contributed by atoms with Crippen molar-refractivity contribution in [2.45, 2.75) is 30.1 Å². The van der Waals surface area contributed by atoms with Crippen LogP contribution in [0.1, 0.15) is 30.1 Å². The molecule has 0 radical (unpaired) electrons. The Labute approximate surface area is 127 Å². The number of hydrogen-bond acceptors (Lipinski definition) is 3. The Kier molecular flexibility index (Phi) is 4.49. The van der Waals surface area contributed by atoms with Crippen LogP contribution in [0.2, 0.25) is 0 Å². The molecule has 0 amide bonds. The van der Waals surface area contributed by atoms with Crippen LogP contribution < -0.4 is 4.72 Å². The van der Waals surface area contributed by atoms with Crippen molar-refractivity contribution in [3.63, 3.8) is 0 Å². The number of sulfonamides is 1. The normalized spacial score (nSPS) is 13.2. The molecule has 0 fully saturated rings. The van der Waals surface area contributed by atoms with Crippen LogP contribution in [-0.2, 0) is 16.4 Å². The second-order valence-corrected chi connectivity index (χ2v) is 7.38. The largest absolute Gasteiger partial charge is 0.332 e. The molecule has 0 saturated heterocycles. The summed E-state index contributed by atoms with van der Waals surface area (Å²) in [5.74, 6) is 0.646. The van der Waals surface area contributed by atoms with E-state index < -0.39 is 10.0 Å². The molecule has 0 saturated carbocycles. The van der Waals surface area contributed by atoms with Gasteiger partial charge in [0.25, 0.3) is 10.0 Å². The molecule has 0 aliphatic carbocycles. The maximum absolute atomic E-state index is 12.3. The highest BCUT2D eigenvalue weighted by atomic mass is 79.9. The van der Waals surface area contributed by atoms with Gasteiger partial charge in [0.1, 0.15) is 5.82 Å². The number of imidazole rings is 1. The van der Waals surface area contributed by atoms with Crippen LogP contribution >= 0.6 is 15.9 Å². The molecule has 0 aliphatic heterocycles. The van der Waals surface area contributed by atoms with E-state index in [1.165, 1.54) is 6.20 Å². The lowest BCUT2D eigenvalue weighted by atomic mass is 10.1. The number of halogens is 1. The van der Waals surface area contributed by atoms with Gasteiger partial charge >= 0.3 is 0 Å². The van der Waals surface area contributed by atoms with Gasteiger partial charge in [0.2, 0.25) is 0 Å². The minimum absolute atomic E-state index is 0.0503. The third-order valence-electron chi connectivity index (χ3n) is 2.86. The number of alkyl halides is 1. The van der Waals surface area contributed by atoms with Crippen molar-refractivity contribution < 1.29 is 8.42 Å². The summed E-state index contributed by atoms with van der Waals surface area (Å²) in [4.78, 5) is 6.87. The maximum atomic E-state index is 12.3. The van der Waals surface area contributed by atoms with Gasteiger partial charge in [-0.15, -0.1) is 0 Å². The Morgan fingerprint density at radius 2 is 2.10 bits per heavy atom. The summed E-state index contributed by atoms with van der Waals surface area (Å²) in [6.07, 6.45) is 1.99. The quantitative estimate of drug-likeness (QED) is 0.806. The van der Waals surface area contributed by atoms with Gasteiger partial charge in [-0.1, -0.05) is 41.1 Å². The van der Waals surface area contributed by atoms with Crippen molar-refractivity contribution >= 4 is 31.6 Å². The predicted octanol–water partition coefficient (Wildman–Crippen LogP) is 3.23. The van der Waals surface area contributed by atoms with Crippen molar-refractivity contribution in [3.8, 4) is 0 Å². The third-order valence-corrected chi connectivity index (χ3v) is 4.63. The van der Waals surface area contributed by atoms with Crippen LogP contribution in [0.25, 0.3) is 0 Å². The van der Waals surface area contributed by atoms with Crippen molar-refractivity contribution in [2.24, 2.45) is 0 Å². The van der Waals surface area contributed by atoms with Crippen LogP contribution in [0.5, 0.6) is 0 Å². The average Bonchev–Trinajstić information content (AvgIpc) is 2.88. The van der Waals surface area contributed by atoms with Gasteiger partial charge in [-0.3, -0.25) is 4.72 Å². The summed E-state index contributed by atoms with van der Waals surface area (Å²) in [5.41, 5.74) is 1.44. The van der Waals surface area contributed by atoms with E-state index in [2.05, 4.69) is 30.6 Å². The van der Waals surface area contributed by atoms with E-state index in [0.717, 1.165) is 5.56 Å². The first-order valence-corrected chi connectivity index (χ1v) is 8.63. The van der Waals surface area contributed by atoms with Crippen LogP contribution in [0.4, 0.5) is 5.69 Å². The lowest BCUT2D eigenvalue weighted by Crippen LogP contribution is -2.14. The molecule has 20 heavy (non-hydrogen) atoms. The zero-order chi connectivity index (χ0) is 14.8. The molecule has 1 heterocycles. The van der Waals surface area contributed by atoms with Crippen LogP contribution in [0, 0.1) is 0 Å². The lowest BCUT2D eigenvalue weighted by Gasteiger charge is -2.13. The number of H-pyrrole nitrogens is 1. The van der Waals surface area contributed by atoms with E-state index in [1.54, 1.807) is 12.1 Å². The molecule has 1 unspecified atom stereocenters. The Morgan fingerprint density at radius 3 is 2.70 bits per heavy atom. The van der Waals surface area contributed by atoms with Crippen molar-refractivity contribution in [1.82, 2.24) is 9.97 Å². The van der Waals surface area contributed by atoms with Gasteiger partial charge in [-0.2, -0.15) is 8.42 Å². The highest BCUT2D eigenvalue weighted by Crippen LogP contribution is 2.29. The van der Waals surface area contributed by atoms with E-state index in [0.29, 0.717) is 17.9 Å². The Balaban J connectivity index is 2.33. The molecular weight excluding hydrogens is 342 g/mol. The lowest BCUT2D eigenvalue weighted by molar-refractivity contribution is 0.598. The minimum atomic E-state index is -3.65. The Hall–Kier alpha value is -1.34. The fourth-order valence-corrected chi connectivity index (χ4v) is 3.22. The first kappa shape index (κ1) is 15.1. The van der Waals surface area contributed by atoms with Crippen LogP contribution in [0.15, 0.2) is 35.5 Å². The molecule has 0 bridgehead atoms. The Morgan fingerprint density at radius 1 is 1.40 bits per heavy atom. The zero-order valence-corrected chi connectivity index (χ0v) is 13.6. The topological polar surface area (TPSA) is 74.8 Å². The van der Waals surface area contributed by atoms with Gasteiger partial charge in [-0.25, -0.2) is 4.98 Å². The molecule has 7 heteroatoms. The molecule has 108 valence electrons. The van der Waals surface area contributed by atoms with Crippen molar-refractivity contribution in [3.05, 3.63) is 41.9 Å². The minimum Gasteiger partial charge on any atom is -0.332 e. The number of rotatable bonds is 5. The first-order chi connectivity index (χ1) is 9.44. The molecule has 1 aromatic carbocycles. The predicted molar refractivity (Wildman–Crippen MR) is 82.6 cm³/mol. The molecule has 5 nitrogen and oxygen atoms in total. The van der Waals surface area contributed by atoms with Crippen molar-refractivity contribution in [1.29, 1.82) is 0 Å². The molecule has 1 atom stereocenters. The van der Waals surface area contributed by atoms with Gasteiger partial charge < -0.3 is 4.98 Å². The molecule has 0 spiro atoms. The summed E-state index contributed by atoms with van der Waals surface area (Å²) >= 11 is 3.46. The van der Waals surface area contributed by atoms with E-state index in [-0.39, 0.29) is 9.85 Å². The van der Waals surface area contributed by atoms with E-state index in [1.807, 2.05) is 26.0 Å². The molecule has 0 aliphatic rings. The number of aromatic amines is 1. The zero-order valence-electron chi connectivity index (χ0n) is 11.2. The highest BCUT2D eigenvalue weighted by Gasteiger charge is 2.19. The van der Waals surface area contributed by atoms with E-state index >= 15 is 0 Å². The summed E-state index contributed by atoms with van der Waals surface area (Å²) in [6.45, 7) is 3.85. The van der Waals surface area contributed by atoms with Gasteiger partial charge in [0.15, 0.2) is 5.03 Å². The first-order valence-electron chi connectivity index (χ1n) is 6.23. The third kappa shape index (κ3) is 3.21. The summed E-state index contributed by atoms with van der Waals surface area (Å²) in [5, 5.41) is 0.0754. The standard InChI is InChI=1S/C13H16BrN3O2S/c1-3-12-15-8-13(16-12)20(18,19)17-11-7-5-4-6-10(11)9(2)14/h4-9,17H,3H2,1-2H3,(H,15,16). The average molecular weight is 358 g/mol. The monoisotopic (exact) mass is 357 g/mol. The van der Waals surface area contributed by atoms with Gasteiger partial charge in [0, 0.05) is 11.2 Å². The van der Waals surface area contributed by atoms with Crippen LogP contribution in [-0.4, -0.2) is 18.4 Å². The van der Waals surface area contributed by atoms with Gasteiger partial charge in [0.05, 0.1) is 11.9 Å². The Bertz CT molecular complexity index is 695. The SMILES string of the molecule is CCc1ncc(S(=O)(=O)Nc2ccccc2C(C)Br)[nH]1. The number of nitrogens with zero attached hydrogens (tertiary/aromatic N) is 1. The molecular formula is C13H16BrN3O2S. The summed E-state index contributed by atoms with van der Waals surface area (Å²) in [6, 6.07) is 7.28. The number of nitrogens with one attached hydrogen (secondary N) is 2. The molecule has 2 rings (SSSR count). The van der Waals surface area contributed by atoms with E-state index in [4.69, 9.17) is 0 Å². The van der Waals surface area contributed by atoms with E-state index in [9.17, 15) is 8.42 Å². The second-order valence-electron chi connectivity index (χ2n) is 4.36. The van der Waals surface area contributed by atoms with Crippen molar-refractivity contribution in [2.75, 3.05) is 4.72 Å². The number of para-hydroxylation sites is 1. The number of aryl methyl sites for hydroxylation is 1. The smallest absolute Gasteiger partial charge is 0.278 e. The fourth-order valence-electron chi connectivity index (χ4n) is 1.80. The number of anilines is 1. The fraction of sp³-hybridized carbons (Fsp3) is 0.308. The highest BCUT2D eigenvalue weighted by molar-refractivity contribution is 9.09. The number of benzene rings is 1. The summed E-state index contributed by atoms with van der Waals surface area (Å²) in [7, 11) is -3.65. The maximum Gasteiger partial charge on any atom is 0.278 e. The van der Waals surface area contributed by atoms with Gasteiger partial charge in [-0.05, 0) is 18.6 Å². The number of hydrogen-bond donors (Lipinski definition) is 2. The summed E-state index contributed by atoms with van der Waals surface area (Å²) < 4.78 is 27.2. The molecule has 2 N–H and O–H groups in total. The molecule has 1 aromatic heterocycles. The molecule has 2 aromatic rings. The number of aromatic nitrogens is 2. The second kappa shape index (κ2) is 5.97. The van der Waals surface area contributed by atoms with Crippen LogP contribution in [0.3, 0.4) is 0 Å².